The molecular formula is C13H21NO11. The molecule has 0 heterocycles. The molecule has 0 aromatic rings. The van der Waals surface area contributed by atoms with Crippen LogP contribution in [0, 0.1) is 0 Å². The smallest absolute Gasteiger partial charge is 0.372 e. The standard InChI is InChI=1S/C13H21NO11/c1-5(16)25-4-8(19)11(21)12(22)10(14-9(20)3-15)6(17)2-7(18)13(23)24/h6,8,10-12,15,17,19,21-22H,2-4H2,1H3,(H,14,20)(H,23,24)/t6-,8+,10+,11+,12+/m0/s1. The minimum absolute atomic E-state index is 0.710. The summed E-state index contributed by atoms with van der Waals surface area (Å²) in [6.07, 6.45) is -8.91. The van der Waals surface area contributed by atoms with Gasteiger partial charge in [0.2, 0.25) is 11.7 Å². The highest BCUT2D eigenvalue weighted by molar-refractivity contribution is 6.32. The van der Waals surface area contributed by atoms with Crippen molar-refractivity contribution in [3.8, 4) is 0 Å². The van der Waals surface area contributed by atoms with Crippen molar-refractivity contribution in [2.45, 2.75) is 43.8 Å². The Morgan fingerprint density at radius 3 is 2.00 bits per heavy atom. The molecule has 0 saturated heterocycles. The van der Waals surface area contributed by atoms with E-state index in [0.29, 0.717) is 0 Å². The number of amides is 1. The lowest BCUT2D eigenvalue weighted by Gasteiger charge is -2.32. The van der Waals surface area contributed by atoms with Gasteiger partial charge in [-0.25, -0.2) is 4.79 Å². The van der Waals surface area contributed by atoms with Crippen LogP contribution < -0.4 is 5.32 Å². The molecule has 144 valence electrons. The molecule has 0 bridgehead atoms. The zero-order valence-corrected chi connectivity index (χ0v) is 13.2. The molecule has 25 heavy (non-hydrogen) atoms. The molecule has 1 amide bonds. The Kier molecular flexibility index (Phi) is 9.78. The Morgan fingerprint density at radius 1 is 1.00 bits per heavy atom. The first-order valence-electron chi connectivity index (χ1n) is 7.03. The third-order valence-electron chi connectivity index (χ3n) is 3.09. The van der Waals surface area contributed by atoms with Gasteiger partial charge in [-0.15, -0.1) is 0 Å². The third-order valence-corrected chi connectivity index (χ3v) is 3.09. The van der Waals surface area contributed by atoms with Crippen LogP contribution in [0.1, 0.15) is 13.3 Å². The first-order chi connectivity index (χ1) is 11.5. The number of esters is 1. The van der Waals surface area contributed by atoms with Crippen molar-refractivity contribution in [3.63, 3.8) is 0 Å². The van der Waals surface area contributed by atoms with Crippen LogP contribution in [0.5, 0.6) is 0 Å². The van der Waals surface area contributed by atoms with Crippen LogP contribution in [0.15, 0.2) is 0 Å². The first kappa shape index (κ1) is 22.9. The van der Waals surface area contributed by atoms with E-state index in [1.165, 1.54) is 0 Å². The second-order valence-corrected chi connectivity index (χ2v) is 5.10. The molecule has 0 aromatic heterocycles. The van der Waals surface area contributed by atoms with Gasteiger partial charge >= 0.3 is 11.9 Å². The molecule has 12 nitrogen and oxygen atoms in total. The molecule has 0 aliphatic rings. The normalized spacial score (nSPS) is 16.9. The largest absolute Gasteiger partial charge is 0.475 e. The Bertz CT molecular complexity index is 494. The number of carboxylic acid groups (broad SMARTS) is 1. The second-order valence-electron chi connectivity index (χ2n) is 5.10. The predicted molar refractivity (Wildman–Crippen MR) is 76.9 cm³/mol. The molecule has 0 spiro atoms. The molecule has 0 aliphatic carbocycles. The van der Waals surface area contributed by atoms with Gasteiger partial charge in [0.15, 0.2) is 0 Å². The molecule has 0 aromatic carbocycles. The second kappa shape index (κ2) is 10.7. The fraction of sp³-hybridized carbons (Fsp3) is 0.692. The molecule has 0 aliphatic heterocycles. The number of ketones is 1. The third kappa shape index (κ3) is 8.00. The van der Waals surface area contributed by atoms with E-state index in [0.717, 1.165) is 6.92 Å². The van der Waals surface area contributed by atoms with Crippen LogP contribution in [0.3, 0.4) is 0 Å². The topological polar surface area (TPSA) is 211 Å². The van der Waals surface area contributed by atoms with E-state index in [4.69, 9.17) is 10.2 Å². The van der Waals surface area contributed by atoms with Crippen molar-refractivity contribution in [2.75, 3.05) is 13.2 Å². The molecule has 12 heteroatoms. The zero-order chi connectivity index (χ0) is 19.7. The Hall–Kier alpha value is -2.12. The fourth-order valence-corrected chi connectivity index (χ4v) is 1.79. The quantitative estimate of drug-likeness (QED) is 0.137. The van der Waals surface area contributed by atoms with Gasteiger partial charge in [-0.3, -0.25) is 14.4 Å². The van der Waals surface area contributed by atoms with Crippen molar-refractivity contribution < 1.29 is 54.6 Å². The highest BCUT2D eigenvalue weighted by atomic mass is 16.5. The molecule has 0 fully saturated rings. The van der Waals surface area contributed by atoms with Gasteiger partial charge < -0.3 is 40.7 Å². The Balaban J connectivity index is 5.16. The summed E-state index contributed by atoms with van der Waals surface area (Å²) in [4.78, 5) is 43.6. The van der Waals surface area contributed by atoms with Crippen molar-refractivity contribution in [1.29, 1.82) is 0 Å². The lowest BCUT2D eigenvalue weighted by Crippen LogP contribution is -2.58. The molecule has 0 unspecified atom stereocenters. The summed E-state index contributed by atoms with van der Waals surface area (Å²) in [7, 11) is 0. The number of hydrogen-bond acceptors (Lipinski definition) is 10. The molecule has 5 atom stereocenters. The van der Waals surface area contributed by atoms with Gasteiger partial charge in [-0.1, -0.05) is 0 Å². The van der Waals surface area contributed by atoms with Crippen molar-refractivity contribution in [3.05, 3.63) is 0 Å². The van der Waals surface area contributed by atoms with Gasteiger partial charge in [0.1, 0.15) is 31.5 Å². The molecule has 0 saturated carbocycles. The maximum Gasteiger partial charge on any atom is 0.372 e. The van der Waals surface area contributed by atoms with Crippen LogP contribution in [-0.4, -0.2) is 97.9 Å². The number of carboxylic acids is 1. The van der Waals surface area contributed by atoms with E-state index in [-0.39, 0.29) is 0 Å². The van der Waals surface area contributed by atoms with Crippen molar-refractivity contribution in [1.82, 2.24) is 5.32 Å². The number of rotatable bonds is 11. The first-order valence-corrected chi connectivity index (χ1v) is 7.03. The number of nitrogens with one attached hydrogen (secondary N) is 1. The zero-order valence-electron chi connectivity index (χ0n) is 13.2. The van der Waals surface area contributed by atoms with Crippen LogP contribution in [-0.2, 0) is 23.9 Å². The maximum absolute atomic E-state index is 11.3. The molecule has 0 radical (unpaired) electrons. The van der Waals surface area contributed by atoms with Crippen LogP contribution >= 0.6 is 0 Å². The summed E-state index contributed by atoms with van der Waals surface area (Å²) >= 11 is 0. The highest BCUT2D eigenvalue weighted by Gasteiger charge is 2.38. The lowest BCUT2D eigenvalue weighted by molar-refractivity contribution is -0.153. The SMILES string of the molecule is CC(=O)OC[C@@H](O)[C@@H](O)[C@H](O)[C@H](NC(=O)CO)[C@@H](O)CC(=O)C(=O)O. The summed E-state index contributed by atoms with van der Waals surface area (Å²) in [6, 6.07) is -1.80. The van der Waals surface area contributed by atoms with Crippen LogP contribution in [0.2, 0.25) is 0 Å². The van der Waals surface area contributed by atoms with Gasteiger partial charge in [-0.05, 0) is 0 Å². The van der Waals surface area contributed by atoms with E-state index < -0.39 is 73.7 Å². The fourth-order valence-electron chi connectivity index (χ4n) is 1.79. The van der Waals surface area contributed by atoms with Crippen LogP contribution in [0.4, 0.5) is 0 Å². The number of hydrogen-bond donors (Lipinski definition) is 7. The van der Waals surface area contributed by atoms with Gasteiger partial charge in [0, 0.05) is 13.3 Å². The number of Topliss-reactive ketones (excluding diaryl/α,β-unsaturated/α-hetero) is 1. The maximum atomic E-state index is 11.3. The molecule has 7 N–H and O–H groups in total. The lowest BCUT2D eigenvalue weighted by atomic mass is 9.94. The summed E-state index contributed by atoms with van der Waals surface area (Å²) in [6.45, 7) is -0.742. The minimum Gasteiger partial charge on any atom is -0.475 e. The average molecular weight is 367 g/mol. The summed E-state index contributed by atoms with van der Waals surface area (Å²) in [5.41, 5.74) is 0. The molecule has 0 rings (SSSR count). The number of carbonyl (C=O) groups is 4. The highest BCUT2D eigenvalue weighted by Crippen LogP contribution is 2.12. The number of carbonyl (C=O) groups excluding carboxylic acids is 3. The van der Waals surface area contributed by atoms with E-state index in [9.17, 15) is 39.6 Å². The van der Waals surface area contributed by atoms with Gasteiger partial charge in [0.05, 0.1) is 12.1 Å². The summed E-state index contributed by atoms with van der Waals surface area (Å²) < 4.78 is 4.43. The summed E-state index contributed by atoms with van der Waals surface area (Å²) in [5, 5.41) is 58.5. The number of aliphatic hydroxyl groups excluding tert-OH is 5. The molecular weight excluding hydrogens is 346 g/mol. The van der Waals surface area contributed by atoms with Gasteiger partial charge in [0.25, 0.3) is 0 Å². The van der Waals surface area contributed by atoms with Crippen molar-refractivity contribution >= 4 is 23.6 Å². The van der Waals surface area contributed by atoms with Crippen molar-refractivity contribution in [2.24, 2.45) is 0 Å². The van der Waals surface area contributed by atoms with E-state index in [2.05, 4.69) is 4.74 Å². The Labute approximate surface area is 141 Å². The summed E-state index contributed by atoms with van der Waals surface area (Å²) in [5.74, 6) is -5.18. The van der Waals surface area contributed by atoms with E-state index >= 15 is 0 Å². The number of aliphatic carboxylic acids is 1. The number of aliphatic hydroxyl groups is 5. The van der Waals surface area contributed by atoms with Crippen LogP contribution in [0.25, 0.3) is 0 Å². The van der Waals surface area contributed by atoms with Gasteiger partial charge in [-0.2, -0.15) is 0 Å². The van der Waals surface area contributed by atoms with E-state index in [1.807, 2.05) is 5.32 Å². The number of ether oxygens (including phenoxy) is 1. The average Bonchev–Trinajstić information content (AvgIpc) is 2.55. The minimum atomic E-state index is -2.09. The van der Waals surface area contributed by atoms with E-state index in [1.54, 1.807) is 0 Å². The predicted octanol–water partition coefficient (Wildman–Crippen LogP) is -4.49. The Morgan fingerprint density at radius 2 is 1.56 bits per heavy atom. The monoisotopic (exact) mass is 367 g/mol.